The predicted octanol–water partition coefficient (Wildman–Crippen LogP) is 2.30. The average Bonchev–Trinajstić information content (AvgIpc) is 2.66. The first-order valence-electron chi connectivity index (χ1n) is 10.3. The molecule has 1 atom stereocenters. The third-order valence-electron chi connectivity index (χ3n) is 4.32. The summed E-state index contributed by atoms with van der Waals surface area (Å²) in [5.41, 5.74) is 0.829. The van der Waals surface area contributed by atoms with Gasteiger partial charge in [0.25, 0.3) is 0 Å². The molecule has 1 rings (SSSR count). The first-order valence-corrected chi connectivity index (χ1v) is 10.3. The maximum atomic E-state index is 13.0. The van der Waals surface area contributed by atoms with Gasteiger partial charge in [-0.05, 0) is 45.2 Å². The lowest BCUT2D eigenvalue weighted by atomic mass is 9.98. The van der Waals surface area contributed by atoms with Crippen LogP contribution in [0.1, 0.15) is 57.7 Å². The largest absolute Gasteiger partial charge is 0.444 e. The molecule has 0 radical (unpaired) electrons. The van der Waals surface area contributed by atoms with Crippen LogP contribution in [0, 0.1) is 6.92 Å². The molecule has 3 N–H and O–H groups in total. The SMILES string of the molecule is CCCCNC(=O)C(c1ccccc1C)N(CCO)C(=O)CNC(=O)OC(C)(C)C. The minimum atomic E-state index is -0.914. The lowest BCUT2D eigenvalue weighted by molar-refractivity contribution is -0.140. The molecular weight excluding hydrogens is 386 g/mol. The first kappa shape index (κ1) is 25.4. The van der Waals surface area contributed by atoms with Crippen LogP contribution in [0.4, 0.5) is 4.79 Å². The summed E-state index contributed by atoms with van der Waals surface area (Å²) in [7, 11) is 0. The number of carbonyl (C=O) groups excluding carboxylic acids is 3. The smallest absolute Gasteiger partial charge is 0.408 e. The van der Waals surface area contributed by atoms with Crippen molar-refractivity contribution in [2.75, 3.05) is 26.2 Å². The summed E-state index contributed by atoms with van der Waals surface area (Å²) in [6.07, 6.45) is 1.02. The summed E-state index contributed by atoms with van der Waals surface area (Å²) in [4.78, 5) is 39.2. The fourth-order valence-corrected chi connectivity index (χ4v) is 2.90. The van der Waals surface area contributed by atoms with E-state index in [0.29, 0.717) is 12.1 Å². The Labute approximate surface area is 179 Å². The topological polar surface area (TPSA) is 108 Å². The predicted molar refractivity (Wildman–Crippen MR) is 115 cm³/mol. The molecule has 0 saturated carbocycles. The van der Waals surface area contributed by atoms with Gasteiger partial charge in [-0.1, -0.05) is 37.6 Å². The number of alkyl carbamates (subject to hydrolysis) is 1. The Morgan fingerprint density at radius 2 is 1.83 bits per heavy atom. The third-order valence-corrected chi connectivity index (χ3v) is 4.32. The Bertz CT molecular complexity index is 715. The van der Waals surface area contributed by atoms with Crippen LogP contribution in [0.25, 0.3) is 0 Å². The number of aliphatic hydroxyl groups excluding tert-OH is 1. The van der Waals surface area contributed by atoms with Gasteiger partial charge in [-0.3, -0.25) is 9.59 Å². The number of benzene rings is 1. The molecule has 0 aliphatic carbocycles. The van der Waals surface area contributed by atoms with Crippen molar-refractivity contribution in [2.24, 2.45) is 0 Å². The molecule has 0 aliphatic heterocycles. The zero-order valence-electron chi connectivity index (χ0n) is 18.7. The van der Waals surface area contributed by atoms with E-state index in [9.17, 15) is 19.5 Å². The lowest BCUT2D eigenvalue weighted by Gasteiger charge is -2.32. The highest BCUT2D eigenvalue weighted by molar-refractivity contribution is 5.90. The van der Waals surface area contributed by atoms with Crippen LogP contribution in [0.5, 0.6) is 0 Å². The van der Waals surface area contributed by atoms with E-state index in [-0.39, 0.29) is 25.6 Å². The Morgan fingerprint density at radius 1 is 1.17 bits per heavy atom. The van der Waals surface area contributed by atoms with Crippen LogP contribution in [0.2, 0.25) is 0 Å². The molecule has 1 unspecified atom stereocenters. The number of unbranched alkanes of at least 4 members (excludes halogenated alkanes) is 1. The summed E-state index contributed by atoms with van der Waals surface area (Å²) < 4.78 is 5.16. The van der Waals surface area contributed by atoms with E-state index in [2.05, 4.69) is 10.6 Å². The second kappa shape index (κ2) is 12.2. The molecule has 1 aromatic rings. The molecule has 0 aliphatic rings. The summed E-state index contributed by atoms with van der Waals surface area (Å²) >= 11 is 0. The van der Waals surface area contributed by atoms with E-state index in [0.717, 1.165) is 18.4 Å². The van der Waals surface area contributed by atoms with Gasteiger partial charge in [-0.2, -0.15) is 0 Å². The van der Waals surface area contributed by atoms with Gasteiger partial charge in [0.15, 0.2) is 0 Å². The Balaban J connectivity index is 3.08. The number of hydrogen-bond acceptors (Lipinski definition) is 5. The van der Waals surface area contributed by atoms with E-state index in [4.69, 9.17) is 4.74 Å². The van der Waals surface area contributed by atoms with Crippen molar-refractivity contribution < 1.29 is 24.2 Å². The van der Waals surface area contributed by atoms with E-state index >= 15 is 0 Å². The Hall–Kier alpha value is -2.61. The van der Waals surface area contributed by atoms with Crippen LogP contribution in [-0.4, -0.2) is 59.8 Å². The van der Waals surface area contributed by atoms with Gasteiger partial charge in [0.05, 0.1) is 6.61 Å². The van der Waals surface area contributed by atoms with Crippen molar-refractivity contribution >= 4 is 17.9 Å². The number of ether oxygens (including phenoxy) is 1. The van der Waals surface area contributed by atoms with Crippen molar-refractivity contribution in [3.8, 4) is 0 Å². The van der Waals surface area contributed by atoms with Crippen LogP contribution in [0.3, 0.4) is 0 Å². The molecule has 0 aromatic heterocycles. The molecule has 0 fully saturated rings. The van der Waals surface area contributed by atoms with E-state index in [1.54, 1.807) is 32.9 Å². The first-order chi connectivity index (χ1) is 14.1. The van der Waals surface area contributed by atoms with Crippen LogP contribution in [-0.2, 0) is 14.3 Å². The summed E-state index contributed by atoms with van der Waals surface area (Å²) in [6, 6.07) is 6.39. The van der Waals surface area contributed by atoms with Crippen molar-refractivity contribution in [1.82, 2.24) is 15.5 Å². The van der Waals surface area contributed by atoms with E-state index < -0.39 is 23.6 Å². The van der Waals surface area contributed by atoms with Gasteiger partial charge in [0, 0.05) is 13.1 Å². The number of nitrogens with one attached hydrogen (secondary N) is 2. The van der Waals surface area contributed by atoms with Gasteiger partial charge in [0.1, 0.15) is 18.2 Å². The van der Waals surface area contributed by atoms with Crippen LogP contribution >= 0.6 is 0 Å². The van der Waals surface area contributed by atoms with Crippen molar-refractivity contribution in [1.29, 1.82) is 0 Å². The maximum absolute atomic E-state index is 13.0. The highest BCUT2D eigenvalue weighted by Gasteiger charge is 2.32. The number of hydrogen-bond donors (Lipinski definition) is 3. The van der Waals surface area contributed by atoms with Gasteiger partial charge in [-0.25, -0.2) is 4.79 Å². The summed E-state index contributed by atoms with van der Waals surface area (Å²) in [5.74, 6) is -0.814. The molecule has 30 heavy (non-hydrogen) atoms. The van der Waals surface area contributed by atoms with E-state index in [1.165, 1.54) is 4.90 Å². The van der Waals surface area contributed by atoms with Crippen molar-refractivity contribution in [2.45, 2.75) is 59.1 Å². The zero-order valence-corrected chi connectivity index (χ0v) is 18.7. The second-order valence-electron chi connectivity index (χ2n) is 8.07. The summed E-state index contributed by atoms with van der Waals surface area (Å²) in [5, 5.41) is 14.8. The molecule has 8 heteroatoms. The molecule has 8 nitrogen and oxygen atoms in total. The number of aliphatic hydroxyl groups is 1. The van der Waals surface area contributed by atoms with E-state index in [1.807, 2.05) is 26.0 Å². The number of nitrogens with zero attached hydrogens (tertiary/aromatic N) is 1. The quantitative estimate of drug-likeness (QED) is 0.503. The zero-order chi connectivity index (χ0) is 22.7. The van der Waals surface area contributed by atoms with Gasteiger partial charge < -0.3 is 25.4 Å². The number of aryl methyl sites for hydroxylation is 1. The number of amides is 3. The molecule has 0 bridgehead atoms. The van der Waals surface area contributed by atoms with Crippen LogP contribution in [0.15, 0.2) is 24.3 Å². The minimum Gasteiger partial charge on any atom is -0.444 e. The number of carbonyl (C=O) groups is 3. The maximum Gasteiger partial charge on any atom is 0.408 e. The second-order valence-corrected chi connectivity index (χ2v) is 8.07. The highest BCUT2D eigenvalue weighted by Crippen LogP contribution is 2.24. The number of rotatable bonds is 10. The molecule has 0 spiro atoms. The Morgan fingerprint density at radius 3 is 2.40 bits per heavy atom. The fraction of sp³-hybridized carbons (Fsp3) is 0.591. The standard InChI is InChI=1S/C22H35N3O5/c1-6-7-12-23-20(28)19(17-11-9-8-10-16(17)2)25(13-14-26)18(27)15-24-21(29)30-22(3,4)5/h8-11,19,26H,6-7,12-15H2,1-5H3,(H,23,28)(H,24,29). The molecule has 0 heterocycles. The van der Waals surface area contributed by atoms with Crippen molar-refractivity contribution in [3.63, 3.8) is 0 Å². The molecular formula is C22H35N3O5. The Kier molecular flexibility index (Phi) is 10.3. The monoisotopic (exact) mass is 421 g/mol. The minimum absolute atomic E-state index is 0.0466. The van der Waals surface area contributed by atoms with Crippen molar-refractivity contribution in [3.05, 3.63) is 35.4 Å². The lowest BCUT2D eigenvalue weighted by Crippen LogP contribution is -2.49. The van der Waals surface area contributed by atoms with Gasteiger partial charge >= 0.3 is 6.09 Å². The highest BCUT2D eigenvalue weighted by atomic mass is 16.6. The summed E-state index contributed by atoms with van der Waals surface area (Å²) in [6.45, 7) is 8.84. The average molecular weight is 422 g/mol. The molecule has 3 amide bonds. The van der Waals surface area contributed by atoms with Gasteiger partial charge in [-0.15, -0.1) is 0 Å². The van der Waals surface area contributed by atoms with Gasteiger partial charge in [0.2, 0.25) is 11.8 Å². The molecule has 168 valence electrons. The normalized spacial score (nSPS) is 12.1. The fourth-order valence-electron chi connectivity index (χ4n) is 2.90. The third kappa shape index (κ3) is 8.41. The molecule has 1 aromatic carbocycles. The molecule has 0 saturated heterocycles. The van der Waals surface area contributed by atoms with Crippen LogP contribution < -0.4 is 10.6 Å².